The minimum atomic E-state index is 0.842. The summed E-state index contributed by atoms with van der Waals surface area (Å²) in [5.41, 5.74) is 7.36. The van der Waals surface area contributed by atoms with E-state index in [9.17, 15) is 0 Å². The first kappa shape index (κ1) is 17.1. The lowest BCUT2D eigenvalue weighted by atomic mass is 10.0. The maximum Gasteiger partial charge on any atom is 0.127 e. The molecular weight excluding hydrogens is 328 g/mol. The van der Waals surface area contributed by atoms with Crippen LogP contribution in [0.5, 0.6) is 11.5 Å². The fourth-order valence-corrected chi connectivity index (χ4v) is 3.06. The van der Waals surface area contributed by atoms with Gasteiger partial charge in [0.1, 0.15) is 11.5 Å². The summed E-state index contributed by atoms with van der Waals surface area (Å²) in [6, 6.07) is 33.6. The number of hydrogen-bond donors (Lipinski definition) is 0. The smallest absolute Gasteiger partial charge is 0.127 e. The van der Waals surface area contributed by atoms with Crippen LogP contribution in [-0.4, -0.2) is 0 Å². The van der Waals surface area contributed by atoms with E-state index in [2.05, 4.69) is 86.6 Å². The van der Waals surface area contributed by atoms with Crippen LogP contribution in [0.2, 0.25) is 0 Å². The summed E-state index contributed by atoms with van der Waals surface area (Å²) in [6.07, 6.45) is 0. The quantitative estimate of drug-likeness (QED) is 0.372. The van der Waals surface area contributed by atoms with E-state index in [0.717, 1.165) is 11.5 Å². The van der Waals surface area contributed by atoms with Crippen molar-refractivity contribution in [3.05, 3.63) is 108 Å². The van der Waals surface area contributed by atoms with Crippen LogP contribution in [0.4, 0.5) is 0 Å². The van der Waals surface area contributed by atoms with Gasteiger partial charge in [0.2, 0.25) is 0 Å². The van der Waals surface area contributed by atoms with Gasteiger partial charge >= 0.3 is 0 Å². The van der Waals surface area contributed by atoms with Crippen LogP contribution < -0.4 is 4.74 Å². The first-order valence-corrected chi connectivity index (χ1v) is 9.19. The third-order valence-electron chi connectivity index (χ3n) is 4.71. The molecule has 0 aromatic heterocycles. The molecule has 0 aliphatic carbocycles. The normalized spacial score (nSPS) is 10.6. The Morgan fingerprint density at radius 3 is 0.926 bits per heavy atom. The summed E-state index contributed by atoms with van der Waals surface area (Å²) < 4.78 is 6.00. The van der Waals surface area contributed by atoms with Crippen molar-refractivity contribution < 1.29 is 4.74 Å². The summed E-state index contributed by atoms with van der Waals surface area (Å²) in [7, 11) is 0. The largest absolute Gasteiger partial charge is 0.457 e. The monoisotopic (exact) mass is 350 g/mol. The molecule has 0 atom stereocenters. The Balaban J connectivity index is 1.47. The predicted octanol–water partition coefficient (Wildman–Crippen LogP) is 7.43. The van der Waals surface area contributed by atoms with Crippen molar-refractivity contribution in [2.24, 2.45) is 0 Å². The van der Waals surface area contributed by atoms with Crippen LogP contribution >= 0.6 is 0 Å². The molecule has 0 N–H and O–H groups in total. The van der Waals surface area contributed by atoms with Crippen LogP contribution in [0.15, 0.2) is 97.1 Å². The van der Waals surface area contributed by atoms with E-state index < -0.39 is 0 Å². The van der Waals surface area contributed by atoms with Gasteiger partial charge in [-0.3, -0.25) is 0 Å². The minimum Gasteiger partial charge on any atom is -0.457 e. The Labute approximate surface area is 160 Å². The van der Waals surface area contributed by atoms with Crippen molar-refractivity contribution in [1.29, 1.82) is 0 Å². The zero-order valence-electron chi connectivity index (χ0n) is 15.6. The van der Waals surface area contributed by atoms with Crippen molar-refractivity contribution in [3.8, 4) is 33.8 Å². The fourth-order valence-electron chi connectivity index (χ4n) is 3.06. The SMILES string of the molecule is Cc1ccc(-c2ccc(Oc3ccc(-c4ccc(C)cc4)cc3)cc2)cc1. The molecule has 1 nitrogen and oxygen atoms in total. The van der Waals surface area contributed by atoms with Crippen molar-refractivity contribution in [3.63, 3.8) is 0 Å². The molecule has 27 heavy (non-hydrogen) atoms. The van der Waals surface area contributed by atoms with Gasteiger partial charge in [-0.25, -0.2) is 0 Å². The van der Waals surface area contributed by atoms with Gasteiger partial charge in [0.25, 0.3) is 0 Å². The first-order chi connectivity index (χ1) is 13.2. The molecule has 0 aliphatic heterocycles. The van der Waals surface area contributed by atoms with Crippen LogP contribution in [0, 0.1) is 13.8 Å². The zero-order valence-corrected chi connectivity index (χ0v) is 15.6. The lowest BCUT2D eigenvalue weighted by molar-refractivity contribution is 0.483. The molecule has 0 amide bonds. The molecule has 0 bridgehead atoms. The molecule has 0 unspecified atom stereocenters. The number of hydrogen-bond acceptors (Lipinski definition) is 1. The first-order valence-electron chi connectivity index (χ1n) is 9.19. The van der Waals surface area contributed by atoms with Gasteiger partial charge in [0.05, 0.1) is 0 Å². The summed E-state index contributed by atoms with van der Waals surface area (Å²) in [5, 5.41) is 0. The van der Waals surface area contributed by atoms with Crippen LogP contribution in [0.3, 0.4) is 0 Å². The molecule has 0 aliphatic rings. The van der Waals surface area contributed by atoms with Gasteiger partial charge in [0, 0.05) is 0 Å². The van der Waals surface area contributed by atoms with E-state index >= 15 is 0 Å². The number of benzene rings is 4. The second-order valence-electron chi connectivity index (χ2n) is 6.88. The standard InChI is InChI=1S/C26H22O/c1-19-3-7-21(8-4-19)23-11-15-25(16-12-23)27-26-17-13-24(14-18-26)22-9-5-20(2)6-10-22/h3-18H,1-2H3. The van der Waals surface area contributed by atoms with E-state index in [1.807, 2.05) is 24.3 Å². The molecule has 4 aromatic rings. The van der Waals surface area contributed by atoms with Crippen molar-refractivity contribution in [1.82, 2.24) is 0 Å². The lowest BCUT2D eigenvalue weighted by Crippen LogP contribution is -1.85. The molecular formula is C26H22O. The Morgan fingerprint density at radius 1 is 0.370 bits per heavy atom. The van der Waals surface area contributed by atoms with E-state index in [0.29, 0.717) is 0 Å². The average Bonchev–Trinajstić information content (AvgIpc) is 2.71. The lowest BCUT2D eigenvalue weighted by Gasteiger charge is -2.09. The molecule has 4 aromatic carbocycles. The van der Waals surface area contributed by atoms with Gasteiger partial charge in [-0.15, -0.1) is 0 Å². The fraction of sp³-hybridized carbons (Fsp3) is 0.0769. The van der Waals surface area contributed by atoms with Gasteiger partial charge in [-0.05, 0) is 60.4 Å². The van der Waals surface area contributed by atoms with Gasteiger partial charge in [0.15, 0.2) is 0 Å². The second-order valence-corrected chi connectivity index (χ2v) is 6.88. The maximum absolute atomic E-state index is 6.00. The number of aryl methyl sites for hydroxylation is 2. The van der Waals surface area contributed by atoms with Gasteiger partial charge < -0.3 is 4.74 Å². The minimum absolute atomic E-state index is 0.842. The van der Waals surface area contributed by atoms with Crippen LogP contribution in [-0.2, 0) is 0 Å². The summed E-state index contributed by atoms with van der Waals surface area (Å²) in [6.45, 7) is 4.20. The van der Waals surface area contributed by atoms with Crippen molar-refractivity contribution in [2.75, 3.05) is 0 Å². The topological polar surface area (TPSA) is 9.23 Å². The van der Waals surface area contributed by atoms with Gasteiger partial charge in [-0.2, -0.15) is 0 Å². The van der Waals surface area contributed by atoms with Gasteiger partial charge in [-0.1, -0.05) is 83.9 Å². The highest BCUT2D eigenvalue weighted by Gasteiger charge is 2.02. The molecule has 0 spiro atoms. The maximum atomic E-state index is 6.00. The number of rotatable bonds is 4. The molecule has 0 heterocycles. The van der Waals surface area contributed by atoms with Crippen molar-refractivity contribution >= 4 is 0 Å². The van der Waals surface area contributed by atoms with E-state index in [4.69, 9.17) is 4.74 Å². The summed E-state index contributed by atoms with van der Waals surface area (Å²) >= 11 is 0. The zero-order chi connectivity index (χ0) is 18.6. The third-order valence-corrected chi connectivity index (χ3v) is 4.71. The van der Waals surface area contributed by atoms with E-state index in [-0.39, 0.29) is 0 Å². The second kappa shape index (κ2) is 7.51. The third kappa shape index (κ3) is 4.09. The summed E-state index contributed by atoms with van der Waals surface area (Å²) in [5.74, 6) is 1.68. The highest BCUT2D eigenvalue weighted by Crippen LogP contribution is 2.28. The summed E-state index contributed by atoms with van der Waals surface area (Å²) in [4.78, 5) is 0. The Hall–Kier alpha value is -3.32. The van der Waals surface area contributed by atoms with Crippen LogP contribution in [0.1, 0.15) is 11.1 Å². The molecule has 0 fully saturated rings. The Bertz CT molecular complexity index is 923. The molecule has 132 valence electrons. The molecule has 0 radical (unpaired) electrons. The molecule has 4 rings (SSSR count). The predicted molar refractivity (Wildman–Crippen MR) is 113 cm³/mol. The number of ether oxygens (including phenoxy) is 1. The van der Waals surface area contributed by atoms with Crippen molar-refractivity contribution in [2.45, 2.75) is 13.8 Å². The average molecular weight is 350 g/mol. The molecule has 0 saturated heterocycles. The Morgan fingerprint density at radius 2 is 0.630 bits per heavy atom. The molecule has 0 saturated carbocycles. The highest BCUT2D eigenvalue weighted by molar-refractivity contribution is 5.65. The highest BCUT2D eigenvalue weighted by atomic mass is 16.5. The van der Waals surface area contributed by atoms with E-state index in [1.165, 1.54) is 33.4 Å². The Kier molecular flexibility index (Phi) is 4.76. The van der Waals surface area contributed by atoms with E-state index in [1.54, 1.807) is 0 Å². The van der Waals surface area contributed by atoms with Crippen LogP contribution in [0.25, 0.3) is 22.3 Å². The molecule has 1 heteroatoms.